The second-order valence-corrected chi connectivity index (χ2v) is 6.93. The Hall–Kier alpha value is -1.79. The Morgan fingerprint density at radius 3 is 3.00 bits per heavy atom. The van der Waals surface area contributed by atoms with Gasteiger partial charge in [0.1, 0.15) is 5.75 Å². The Balaban J connectivity index is 1.44. The van der Waals surface area contributed by atoms with E-state index in [1.165, 1.54) is 0 Å². The maximum atomic E-state index is 5.89. The van der Waals surface area contributed by atoms with Crippen molar-refractivity contribution in [2.75, 3.05) is 25.1 Å². The van der Waals surface area contributed by atoms with Gasteiger partial charge >= 0.3 is 0 Å². The van der Waals surface area contributed by atoms with Crippen LogP contribution in [0.5, 0.6) is 5.75 Å². The molecule has 0 atom stereocenters. The molecule has 0 radical (unpaired) electrons. The molecule has 0 bridgehead atoms. The Morgan fingerprint density at radius 1 is 1.41 bits per heavy atom. The molecule has 22 heavy (non-hydrogen) atoms. The van der Waals surface area contributed by atoms with E-state index >= 15 is 0 Å². The average molecular weight is 335 g/mol. The molecule has 5 nitrogen and oxygen atoms in total. The van der Waals surface area contributed by atoms with Crippen LogP contribution in [0.1, 0.15) is 0 Å². The van der Waals surface area contributed by atoms with Gasteiger partial charge in [-0.25, -0.2) is 4.98 Å². The number of anilines is 1. The first kappa shape index (κ1) is 13.8. The zero-order chi connectivity index (χ0) is 15.1. The third-order valence-corrected chi connectivity index (χ3v) is 5.13. The molecule has 1 aromatic carbocycles. The molecule has 1 aliphatic rings. The van der Waals surface area contributed by atoms with Crippen molar-refractivity contribution >= 4 is 38.3 Å². The van der Waals surface area contributed by atoms with Crippen molar-refractivity contribution < 1.29 is 4.74 Å². The highest BCUT2D eigenvalue weighted by atomic mass is 35.5. The van der Waals surface area contributed by atoms with Gasteiger partial charge in [0.15, 0.2) is 5.13 Å². The van der Waals surface area contributed by atoms with Crippen LogP contribution in [0, 0.1) is 5.92 Å². The van der Waals surface area contributed by atoms with Crippen molar-refractivity contribution in [1.29, 1.82) is 0 Å². The van der Waals surface area contributed by atoms with E-state index in [-0.39, 0.29) is 0 Å². The number of thiazole rings is 1. The summed E-state index contributed by atoms with van der Waals surface area (Å²) in [6, 6.07) is 6.00. The highest BCUT2D eigenvalue weighted by Crippen LogP contribution is 2.34. The minimum Gasteiger partial charge on any atom is -0.497 e. The lowest BCUT2D eigenvalue weighted by Gasteiger charge is -2.39. The van der Waals surface area contributed by atoms with Crippen LogP contribution in [0.25, 0.3) is 10.2 Å². The van der Waals surface area contributed by atoms with Crippen LogP contribution < -0.4 is 9.64 Å². The van der Waals surface area contributed by atoms with E-state index in [9.17, 15) is 0 Å². The van der Waals surface area contributed by atoms with Gasteiger partial charge in [0.2, 0.25) is 0 Å². The molecule has 1 saturated heterocycles. The second kappa shape index (κ2) is 5.44. The van der Waals surface area contributed by atoms with Crippen molar-refractivity contribution in [3.05, 3.63) is 35.6 Å². The maximum absolute atomic E-state index is 5.89. The Labute approximate surface area is 137 Å². The molecule has 4 rings (SSSR count). The summed E-state index contributed by atoms with van der Waals surface area (Å²) in [4.78, 5) is 7.01. The van der Waals surface area contributed by atoms with Gasteiger partial charge in [-0.3, -0.25) is 4.68 Å². The van der Waals surface area contributed by atoms with E-state index < -0.39 is 0 Å². The molecule has 0 spiro atoms. The molecule has 1 fully saturated rings. The first-order valence-corrected chi connectivity index (χ1v) is 8.28. The van der Waals surface area contributed by atoms with Crippen molar-refractivity contribution in [3.63, 3.8) is 0 Å². The van der Waals surface area contributed by atoms with Gasteiger partial charge < -0.3 is 9.64 Å². The van der Waals surface area contributed by atoms with Crippen LogP contribution in [-0.2, 0) is 6.54 Å². The number of ether oxygens (including phenoxy) is 1. The fourth-order valence-corrected chi connectivity index (χ4v) is 3.87. The Morgan fingerprint density at radius 2 is 2.27 bits per heavy atom. The molecule has 114 valence electrons. The summed E-state index contributed by atoms with van der Waals surface area (Å²) in [7, 11) is 1.69. The van der Waals surface area contributed by atoms with E-state index in [1.54, 1.807) is 24.6 Å². The fourth-order valence-electron chi connectivity index (χ4n) is 2.70. The predicted octanol–water partition coefficient (Wildman–Crippen LogP) is 3.29. The number of aromatic nitrogens is 3. The van der Waals surface area contributed by atoms with Crippen molar-refractivity contribution in [1.82, 2.24) is 14.8 Å². The van der Waals surface area contributed by atoms with Crippen LogP contribution in [0.4, 0.5) is 5.13 Å². The van der Waals surface area contributed by atoms with Crippen molar-refractivity contribution in [2.45, 2.75) is 6.54 Å². The van der Waals surface area contributed by atoms with Crippen LogP contribution in [0.3, 0.4) is 0 Å². The van der Waals surface area contributed by atoms with Gasteiger partial charge in [0, 0.05) is 31.7 Å². The molecule has 2 aromatic heterocycles. The van der Waals surface area contributed by atoms with Gasteiger partial charge in [-0.05, 0) is 18.2 Å². The molecule has 1 aliphatic heterocycles. The van der Waals surface area contributed by atoms with Gasteiger partial charge in [-0.2, -0.15) is 5.10 Å². The molecule has 7 heteroatoms. The number of fused-ring (bicyclic) bond motifs is 1. The summed E-state index contributed by atoms with van der Waals surface area (Å²) < 4.78 is 8.34. The first-order chi connectivity index (χ1) is 10.7. The summed E-state index contributed by atoms with van der Waals surface area (Å²) >= 11 is 7.60. The Kier molecular flexibility index (Phi) is 3.43. The normalized spacial score (nSPS) is 15.3. The number of methoxy groups -OCH3 is 1. The largest absolute Gasteiger partial charge is 0.497 e. The SMILES string of the molecule is COc1ccc2nc(N3CC(Cn4cc(Cl)cn4)C3)sc2c1. The standard InChI is InChI=1S/C15H15ClN4OS/c1-21-12-2-3-13-14(4-12)22-15(18-13)19-6-10(7-19)8-20-9-11(16)5-17-20/h2-5,9-10H,6-8H2,1H3. The van der Waals surface area contributed by atoms with Crippen molar-refractivity contribution in [2.24, 2.45) is 5.92 Å². The number of rotatable bonds is 4. The highest BCUT2D eigenvalue weighted by Gasteiger charge is 2.29. The summed E-state index contributed by atoms with van der Waals surface area (Å²) in [5, 5.41) is 6.00. The zero-order valence-electron chi connectivity index (χ0n) is 12.1. The Bertz CT molecular complexity index is 809. The number of nitrogens with zero attached hydrogens (tertiary/aromatic N) is 4. The number of halogens is 1. The van der Waals surface area contributed by atoms with E-state index in [0.29, 0.717) is 10.9 Å². The molecule has 0 saturated carbocycles. The molecule has 0 N–H and O–H groups in total. The number of hydrogen-bond donors (Lipinski definition) is 0. The third-order valence-electron chi connectivity index (χ3n) is 3.86. The summed E-state index contributed by atoms with van der Waals surface area (Å²) in [5.41, 5.74) is 1.03. The van der Waals surface area contributed by atoms with E-state index in [2.05, 4.69) is 10.00 Å². The zero-order valence-corrected chi connectivity index (χ0v) is 13.6. The molecule has 0 unspecified atom stereocenters. The molecular weight excluding hydrogens is 320 g/mol. The first-order valence-electron chi connectivity index (χ1n) is 7.09. The fraction of sp³-hybridized carbons (Fsp3) is 0.333. The predicted molar refractivity (Wildman–Crippen MR) is 89.1 cm³/mol. The van der Waals surface area contributed by atoms with Gasteiger partial charge in [0.25, 0.3) is 0 Å². The monoisotopic (exact) mass is 334 g/mol. The molecular formula is C15H15ClN4OS. The minimum atomic E-state index is 0.595. The molecule has 0 amide bonds. The van der Waals surface area contributed by atoms with Gasteiger partial charge in [-0.15, -0.1) is 0 Å². The second-order valence-electron chi connectivity index (χ2n) is 5.48. The number of hydrogen-bond acceptors (Lipinski definition) is 5. The lowest BCUT2D eigenvalue weighted by Crippen LogP contribution is -2.48. The van der Waals surface area contributed by atoms with Gasteiger partial charge in [-0.1, -0.05) is 22.9 Å². The lowest BCUT2D eigenvalue weighted by atomic mass is 10.0. The minimum absolute atomic E-state index is 0.595. The molecule has 3 heterocycles. The van der Waals surface area contributed by atoms with Crippen LogP contribution in [-0.4, -0.2) is 35.0 Å². The molecule has 0 aliphatic carbocycles. The van der Waals surface area contributed by atoms with Crippen molar-refractivity contribution in [3.8, 4) is 5.75 Å². The number of benzene rings is 1. The van der Waals surface area contributed by atoms with E-state index in [0.717, 1.165) is 40.7 Å². The van der Waals surface area contributed by atoms with Crippen LogP contribution in [0.2, 0.25) is 5.02 Å². The topological polar surface area (TPSA) is 43.2 Å². The third kappa shape index (κ3) is 2.53. The van der Waals surface area contributed by atoms with Crippen LogP contribution in [0.15, 0.2) is 30.6 Å². The van der Waals surface area contributed by atoms with Gasteiger partial charge in [0.05, 0.1) is 28.5 Å². The average Bonchev–Trinajstić information content (AvgIpc) is 3.07. The maximum Gasteiger partial charge on any atom is 0.186 e. The van der Waals surface area contributed by atoms with E-state index in [1.807, 2.05) is 29.1 Å². The summed E-state index contributed by atoms with van der Waals surface area (Å²) in [6.45, 7) is 2.92. The smallest absolute Gasteiger partial charge is 0.186 e. The summed E-state index contributed by atoms with van der Waals surface area (Å²) in [5.74, 6) is 1.47. The highest BCUT2D eigenvalue weighted by molar-refractivity contribution is 7.22. The van der Waals surface area contributed by atoms with Crippen LogP contribution >= 0.6 is 22.9 Å². The quantitative estimate of drug-likeness (QED) is 0.734. The molecule has 3 aromatic rings. The lowest BCUT2D eigenvalue weighted by molar-refractivity contribution is 0.342. The summed E-state index contributed by atoms with van der Waals surface area (Å²) in [6.07, 6.45) is 3.55. The van der Waals surface area contributed by atoms with E-state index in [4.69, 9.17) is 21.3 Å².